The fraction of sp³-hybridized carbons (Fsp3) is 0.143. The molecule has 2 aromatic carbocycles. The number of benzene rings is 2. The predicted molar refractivity (Wildman–Crippen MR) is 83.8 cm³/mol. The molecule has 0 aromatic heterocycles. The highest BCUT2D eigenvalue weighted by Crippen LogP contribution is 2.39. The second-order valence-corrected chi connectivity index (χ2v) is 4.96. The Hall–Kier alpha value is -1.98. The molecule has 0 saturated carbocycles. The number of hydrogen-bond donors (Lipinski definition) is 1. The number of hydrogen-bond acceptors (Lipinski definition) is 4. The van der Waals surface area contributed by atoms with Crippen molar-refractivity contribution < 1.29 is 9.66 Å². The number of nitrogens with zero attached hydrogens (tertiary/aromatic N) is 1. The van der Waals surface area contributed by atoms with Crippen molar-refractivity contribution in [2.24, 2.45) is 0 Å². The summed E-state index contributed by atoms with van der Waals surface area (Å²) in [5, 5.41) is 15.0. The number of para-hydroxylation sites is 1. The molecule has 0 aliphatic heterocycles. The summed E-state index contributed by atoms with van der Waals surface area (Å²) >= 11 is 11.8. The van der Waals surface area contributed by atoms with Crippen LogP contribution in [0.5, 0.6) is 11.5 Å². The maximum absolute atomic E-state index is 11.3. The first kappa shape index (κ1) is 15.4. The fourth-order valence-corrected chi connectivity index (χ4v) is 2.25. The SMILES string of the molecule is CCNc1cccc(Oc2ccc(Cl)cc2Cl)c1[N+](=O)[O-]. The molecule has 7 heteroatoms. The van der Waals surface area contributed by atoms with Crippen LogP contribution in [0, 0.1) is 10.1 Å². The number of nitro benzene ring substituents is 1. The molecular weight excluding hydrogens is 315 g/mol. The van der Waals surface area contributed by atoms with E-state index in [1.54, 1.807) is 24.3 Å². The zero-order valence-corrected chi connectivity index (χ0v) is 12.6. The van der Waals surface area contributed by atoms with Crippen LogP contribution in [0.15, 0.2) is 36.4 Å². The van der Waals surface area contributed by atoms with Crippen LogP contribution in [0.3, 0.4) is 0 Å². The van der Waals surface area contributed by atoms with Gasteiger partial charge in [0.05, 0.1) is 9.95 Å². The van der Waals surface area contributed by atoms with E-state index in [0.717, 1.165) is 0 Å². The van der Waals surface area contributed by atoms with Crippen LogP contribution in [0.4, 0.5) is 11.4 Å². The average molecular weight is 327 g/mol. The number of nitro groups is 1. The zero-order valence-electron chi connectivity index (χ0n) is 11.1. The molecule has 2 rings (SSSR count). The minimum atomic E-state index is -0.489. The summed E-state index contributed by atoms with van der Waals surface area (Å²) in [6.07, 6.45) is 0. The van der Waals surface area contributed by atoms with E-state index in [2.05, 4.69) is 5.32 Å². The Kier molecular flexibility index (Phi) is 4.88. The predicted octanol–water partition coefficient (Wildman–Crippen LogP) is 5.13. The van der Waals surface area contributed by atoms with Gasteiger partial charge in [-0.3, -0.25) is 10.1 Å². The van der Waals surface area contributed by atoms with Gasteiger partial charge in [0, 0.05) is 11.6 Å². The van der Waals surface area contributed by atoms with Crippen LogP contribution in [0.2, 0.25) is 10.0 Å². The van der Waals surface area contributed by atoms with E-state index < -0.39 is 4.92 Å². The molecule has 0 bridgehead atoms. The monoisotopic (exact) mass is 326 g/mol. The summed E-state index contributed by atoms with van der Waals surface area (Å²) in [5.41, 5.74) is 0.260. The molecule has 0 amide bonds. The molecular formula is C14H12Cl2N2O3. The number of ether oxygens (including phenoxy) is 1. The Morgan fingerprint density at radius 1 is 1.24 bits per heavy atom. The highest BCUT2D eigenvalue weighted by Gasteiger charge is 2.21. The van der Waals surface area contributed by atoms with Gasteiger partial charge in [0.25, 0.3) is 0 Å². The summed E-state index contributed by atoms with van der Waals surface area (Å²) in [6.45, 7) is 2.42. The summed E-state index contributed by atoms with van der Waals surface area (Å²) in [4.78, 5) is 10.8. The molecule has 2 aromatic rings. The first-order chi connectivity index (χ1) is 10.0. The lowest BCUT2D eigenvalue weighted by atomic mass is 10.2. The normalized spacial score (nSPS) is 10.2. The van der Waals surface area contributed by atoms with Crippen LogP contribution in [0.25, 0.3) is 0 Å². The van der Waals surface area contributed by atoms with E-state index in [1.165, 1.54) is 12.1 Å². The third-order valence-electron chi connectivity index (χ3n) is 2.66. The smallest absolute Gasteiger partial charge is 0.334 e. The van der Waals surface area contributed by atoms with E-state index in [4.69, 9.17) is 27.9 Å². The van der Waals surface area contributed by atoms with Gasteiger partial charge in [-0.1, -0.05) is 29.3 Å². The van der Waals surface area contributed by atoms with E-state index in [1.807, 2.05) is 6.92 Å². The third kappa shape index (κ3) is 3.56. The summed E-state index contributed by atoms with van der Waals surface area (Å²) < 4.78 is 5.57. The highest BCUT2D eigenvalue weighted by molar-refractivity contribution is 6.35. The molecule has 1 N–H and O–H groups in total. The molecule has 0 unspecified atom stereocenters. The van der Waals surface area contributed by atoms with Gasteiger partial charge in [-0.15, -0.1) is 0 Å². The lowest BCUT2D eigenvalue weighted by molar-refractivity contribution is -0.384. The fourth-order valence-electron chi connectivity index (χ4n) is 1.80. The van der Waals surface area contributed by atoms with Gasteiger partial charge in [-0.2, -0.15) is 0 Å². The molecule has 0 fully saturated rings. The maximum Gasteiger partial charge on any atom is 0.334 e. The quantitative estimate of drug-likeness (QED) is 0.611. The average Bonchev–Trinajstić information content (AvgIpc) is 2.42. The van der Waals surface area contributed by atoms with Crippen molar-refractivity contribution in [3.05, 3.63) is 56.6 Å². The van der Waals surface area contributed by atoms with E-state index in [9.17, 15) is 10.1 Å². The largest absolute Gasteiger partial charge is 0.448 e. The van der Waals surface area contributed by atoms with Gasteiger partial charge in [-0.25, -0.2) is 0 Å². The standard InChI is InChI=1S/C14H12Cl2N2O3/c1-2-17-11-4-3-5-13(14(11)18(19)20)21-12-7-6-9(15)8-10(12)16/h3-8,17H,2H2,1H3. The van der Waals surface area contributed by atoms with Crippen LogP contribution >= 0.6 is 23.2 Å². The topological polar surface area (TPSA) is 64.4 Å². The second kappa shape index (κ2) is 6.65. The van der Waals surface area contributed by atoms with Crippen molar-refractivity contribution in [1.29, 1.82) is 0 Å². The Bertz CT molecular complexity index is 677. The van der Waals surface area contributed by atoms with Gasteiger partial charge in [0.15, 0.2) is 0 Å². The van der Waals surface area contributed by atoms with Gasteiger partial charge in [0.2, 0.25) is 5.75 Å². The minimum absolute atomic E-state index is 0.114. The Balaban J connectivity index is 2.43. The van der Waals surface area contributed by atoms with Gasteiger partial charge in [0.1, 0.15) is 11.4 Å². The van der Waals surface area contributed by atoms with E-state index >= 15 is 0 Å². The lowest BCUT2D eigenvalue weighted by Crippen LogP contribution is -2.02. The first-order valence-electron chi connectivity index (χ1n) is 6.17. The third-order valence-corrected chi connectivity index (χ3v) is 3.19. The Labute approximate surface area is 131 Å². The number of nitrogens with one attached hydrogen (secondary N) is 1. The molecule has 0 aliphatic carbocycles. The van der Waals surface area contributed by atoms with Crippen LogP contribution in [-0.4, -0.2) is 11.5 Å². The zero-order chi connectivity index (χ0) is 15.4. The first-order valence-corrected chi connectivity index (χ1v) is 6.92. The molecule has 21 heavy (non-hydrogen) atoms. The van der Waals surface area contributed by atoms with Crippen molar-refractivity contribution in [3.8, 4) is 11.5 Å². The maximum atomic E-state index is 11.3. The Morgan fingerprint density at radius 3 is 2.62 bits per heavy atom. The molecule has 0 spiro atoms. The van der Waals surface area contributed by atoms with Crippen molar-refractivity contribution in [2.75, 3.05) is 11.9 Å². The molecule has 0 heterocycles. The lowest BCUT2D eigenvalue weighted by Gasteiger charge is -2.11. The second-order valence-electron chi connectivity index (χ2n) is 4.12. The molecule has 0 aliphatic rings. The van der Waals surface area contributed by atoms with Crippen LogP contribution in [-0.2, 0) is 0 Å². The minimum Gasteiger partial charge on any atom is -0.448 e. The highest BCUT2D eigenvalue weighted by atomic mass is 35.5. The summed E-state index contributed by atoms with van der Waals surface area (Å²) in [6, 6.07) is 9.49. The van der Waals surface area contributed by atoms with Crippen LogP contribution < -0.4 is 10.1 Å². The molecule has 0 radical (unpaired) electrons. The van der Waals surface area contributed by atoms with Crippen LogP contribution in [0.1, 0.15) is 6.92 Å². The van der Waals surface area contributed by atoms with Gasteiger partial charge < -0.3 is 10.1 Å². The molecule has 110 valence electrons. The Morgan fingerprint density at radius 2 is 2.00 bits per heavy atom. The molecule has 0 atom stereocenters. The van der Waals surface area contributed by atoms with E-state index in [-0.39, 0.29) is 16.5 Å². The van der Waals surface area contributed by atoms with E-state index in [0.29, 0.717) is 23.0 Å². The summed E-state index contributed by atoms with van der Waals surface area (Å²) in [7, 11) is 0. The van der Waals surface area contributed by atoms with Gasteiger partial charge in [-0.05, 0) is 37.3 Å². The van der Waals surface area contributed by atoms with Crippen molar-refractivity contribution in [1.82, 2.24) is 0 Å². The van der Waals surface area contributed by atoms with Crippen molar-refractivity contribution in [3.63, 3.8) is 0 Å². The molecule has 5 nitrogen and oxygen atoms in total. The van der Waals surface area contributed by atoms with Crippen molar-refractivity contribution in [2.45, 2.75) is 6.92 Å². The number of rotatable bonds is 5. The van der Waals surface area contributed by atoms with Gasteiger partial charge >= 0.3 is 5.69 Å². The summed E-state index contributed by atoms with van der Waals surface area (Å²) in [5.74, 6) is 0.417. The molecule has 0 saturated heterocycles. The number of anilines is 1. The number of halogens is 2. The van der Waals surface area contributed by atoms with Crippen molar-refractivity contribution >= 4 is 34.6 Å².